The van der Waals surface area contributed by atoms with Gasteiger partial charge in [-0.25, -0.2) is 4.98 Å². The van der Waals surface area contributed by atoms with Crippen LogP contribution >= 0.6 is 0 Å². The third-order valence-corrected chi connectivity index (χ3v) is 6.23. The van der Waals surface area contributed by atoms with Crippen LogP contribution in [0, 0.1) is 18.8 Å². The molecule has 0 aliphatic carbocycles. The summed E-state index contributed by atoms with van der Waals surface area (Å²) in [5.74, 6) is 1.30. The molecule has 1 aliphatic rings. The Balaban J connectivity index is 1.32. The summed E-state index contributed by atoms with van der Waals surface area (Å²) in [4.78, 5) is 32.0. The van der Waals surface area contributed by atoms with Crippen LogP contribution in [0.3, 0.4) is 0 Å². The number of aromatic nitrogens is 2. The second-order valence-corrected chi connectivity index (χ2v) is 9.38. The zero-order valence-electron chi connectivity index (χ0n) is 19.2. The van der Waals surface area contributed by atoms with Gasteiger partial charge in [0.05, 0.1) is 17.2 Å². The van der Waals surface area contributed by atoms with Gasteiger partial charge in [-0.15, -0.1) is 0 Å². The Bertz CT molecular complexity index is 1140. The van der Waals surface area contributed by atoms with Gasteiger partial charge in [-0.1, -0.05) is 50.2 Å². The predicted molar refractivity (Wildman–Crippen MR) is 127 cm³/mol. The Morgan fingerprint density at radius 2 is 1.75 bits per heavy atom. The van der Waals surface area contributed by atoms with E-state index in [4.69, 9.17) is 0 Å². The van der Waals surface area contributed by atoms with Crippen LogP contribution in [0.5, 0.6) is 0 Å². The van der Waals surface area contributed by atoms with Crippen molar-refractivity contribution in [2.75, 3.05) is 13.1 Å². The molecule has 1 aromatic heterocycles. The van der Waals surface area contributed by atoms with E-state index in [-0.39, 0.29) is 18.0 Å². The van der Waals surface area contributed by atoms with Crippen LogP contribution in [0.25, 0.3) is 10.9 Å². The van der Waals surface area contributed by atoms with Gasteiger partial charge in [0.25, 0.3) is 5.56 Å². The highest BCUT2D eigenvalue weighted by Crippen LogP contribution is 2.22. The van der Waals surface area contributed by atoms with Crippen molar-refractivity contribution < 1.29 is 4.79 Å². The second-order valence-electron chi connectivity index (χ2n) is 9.38. The lowest BCUT2D eigenvalue weighted by Gasteiger charge is -2.35. The van der Waals surface area contributed by atoms with Gasteiger partial charge >= 0.3 is 0 Å². The topological polar surface area (TPSA) is 67.2 Å². The maximum Gasteiger partial charge on any atom is 0.261 e. The molecule has 2 aromatic carbocycles. The number of para-hydroxylation sites is 1. The third-order valence-electron chi connectivity index (χ3n) is 6.23. The highest BCUT2D eigenvalue weighted by molar-refractivity contribution is 5.81. The first kappa shape index (κ1) is 22.2. The SMILES string of the molecule is Cc1cccc2c(=O)n(CC(=O)NCc3ccc(CN4CC(C)CC(C)C4)cc3)cnc12. The minimum Gasteiger partial charge on any atom is -0.350 e. The summed E-state index contributed by atoms with van der Waals surface area (Å²) in [5.41, 5.74) is 3.78. The monoisotopic (exact) mass is 432 g/mol. The molecule has 1 saturated heterocycles. The fourth-order valence-electron chi connectivity index (χ4n) is 4.80. The van der Waals surface area contributed by atoms with E-state index in [1.54, 1.807) is 6.07 Å². The number of piperidine rings is 1. The van der Waals surface area contributed by atoms with Gasteiger partial charge in [-0.05, 0) is 47.9 Å². The first-order chi connectivity index (χ1) is 15.4. The van der Waals surface area contributed by atoms with E-state index in [1.807, 2.05) is 19.1 Å². The molecule has 3 aromatic rings. The minimum atomic E-state index is -0.207. The van der Waals surface area contributed by atoms with Gasteiger partial charge in [-0.2, -0.15) is 0 Å². The number of nitrogens with zero attached hydrogens (tertiary/aromatic N) is 3. The average molecular weight is 433 g/mol. The lowest BCUT2D eigenvalue weighted by molar-refractivity contribution is -0.121. The molecule has 2 heterocycles. The number of carbonyl (C=O) groups excluding carboxylic acids is 1. The largest absolute Gasteiger partial charge is 0.350 e. The summed E-state index contributed by atoms with van der Waals surface area (Å²) >= 11 is 0. The molecule has 1 aliphatic heterocycles. The Morgan fingerprint density at radius 1 is 1.06 bits per heavy atom. The molecular weight excluding hydrogens is 400 g/mol. The van der Waals surface area contributed by atoms with Crippen molar-refractivity contribution in [3.8, 4) is 0 Å². The number of rotatable bonds is 6. The maximum atomic E-state index is 12.7. The van der Waals surface area contributed by atoms with Gasteiger partial charge in [-0.3, -0.25) is 19.1 Å². The molecule has 0 radical (unpaired) electrons. The van der Waals surface area contributed by atoms with E-state index in [0.29, 0.717) is 17.4 Å². The summed E-state index contributed by atoms with van der Waals surface area (Å²) in [6, 6.07) is 13.9. The molecule has 32 heavy (non-hydrogen) atoms. The third kappa shape index (κ3) is 5.25. The van der Waals surface area contributed by atoms with Crippen molar-refractivity contribution >= 4 is 16.8 Å². The zero-order chi connectivity index (χ0) is 22.7. The number of amides is 1. The number of hydrogen-bond acceptors (Lipinski definition) is 4. The zero-order valence-corrected chi connectivity index (χ0v) is 19.2. The molecule has 1 amide bonds. The Hall–Kier alpha value is -2.99. The summed E-state index contributed by atoms with van der Waals surface area (Å²) < 4.78 is 1.36. The van der Waals surface area contributed by atoms with Crippen LogP contribution < -0.4 is 10.9 Å². The van der Waals surface area contributed by atoms with Gasteiger partial charge in [0.2, 0.25) is 5.91 Å². The molecule has 2 unspecified atom stereocenters. The van der Waals surface area contributed by atoms with Gasteiger partial charge in [0.15, 0.2) is 0 Å². The summed E-state index contributed by atoms with van der Waals surface area (Å²) in [7, 11) is 0. The molecule has 6 heteroatoms. The van der Waals surface area contributed by atoms with E-state index < -0.39 is 0 Å². The number of likely N-dealkylation sites (tertiary alicyclic amines) is 1. The van der Waals surface area contributed by atoms with E-state index in [2.05, 4.69) is 53.3 Å². The van der Waals surface area contributed by atoms with Crippen molar-refractivity contribution in [1.29, 1.82) is 0 Å². The van der Waals surface area contributed by atoms with Crippen LogP contribution in [0.15, 0.2) is 53.6 Å². The Kier molecular flexibility index (Phi) is 6.70. The summed E-state index contributed by atoms with van der Waals surface area (Å²) in [6.07, 6.45) is 2.77. The van der Waals surface area contributed by atoms with Crippen molar-refractivity contribution in [2.45, 2.75) is 46.8 Å². The lowest BCUT2D eigenvalue weighted by Crippen LogP contribution is -2.38. The molecule has 0 spiro atoms. The van der Waals surface area contributed by atoms with Crippen molar-refractivity contribution in [3.63, 3.8) is 0 Å². The number of nitrogens with one attached hydrogen (secondary N) is 1. The molecule has 6 nitrogen and oxygen atoms in total. The molecule has 0 saturated carbocycles. The molecule has 2 atom stereocenters. The Labute approximate surface area is 189 Å². The first-order valence-electron chi connectivity index (χ1n) is 11.4. The highest BCUT2D eigenvalue weighted by atomic mass is 16.2. The smallest absolute Gasteiger partial charge is 0.261 e. The number of fused-ring (bicyclic) bond motifs is 1. The van der Waals surface area contributed by atoms with Gasteiger partial charge < -0.3 is 5.32 Å². The summed E-state index contributed by atoms with van der Waals surface area (Å²) in [5, 5.41) is 3.45. The van der Waals surface area contributed by atoms with Crippen molar-refractivity contribution in [1.82, 2.24) is 19.8 Å². The maximum absolute atomic E-state index is 12.7. The standard InChI is InChI=1S/C26H32N4O2/c1-18-11-19(2)14-29(13-18)15-22-9-7-21(8-10-22)12-27-24(31)16-30-17-28-25-20(3)5-4-6-23(25)26(30)32/h4-10,17-19H,11-16H2,1-3H3,(H,27,31). The van der Waals surface area contributed by atoms with Crippen molar-refractivity contribution in [2.24, 2.45) is 11.8 Å². The van der Waals surface area contributed by atoms with E-state index in [1.165, 1.54) is 22.9 Å². The Morgan fingerprint density at radius 3 is 2.47 bits per heavy atom. The second kappa shape index (κ2) is 9.65. The number of hydrogen-bond donors (Lipinski definition) is 1. The number of carbonyl (C=O) groups is 1. The van der Waals surface area contributed by atoms with Gasteiger partial charge in [0, 0.05) is 26.2 Å². The molecule has 168 valence electrons. The van der Waals surface area contributed by atoms with E-state index in [9.17, 15) is 9.59 Å². The summed E-state index contributed by atoms with van der Waals surface area (Å²) in [6.45, 7) is 10.3. The van der Waals surface area contributed by atoms with E-state index >= 15 is 0 Å². The molecule has 1 fully saturated rings. The van der Waals surface area contributed by atoms with Crippen LogP contribution in [-0.4, -0.2) is 33.4 Å². The fraction of sp³-hybridized carbons (Fsp3) is 0.423. The minimum absolute atomic E-state index is 0.0425. The van der Waals surface area contributed by atoms with Crippen LogP contribution in [-0.2, 0) is 24.4 Å². The van der Waals surface area contributed by atoms with Crippen LogP contribution in [0.1, 0.15) is 37.0 Å². The highest BCUT2D eigenvalue weighted by Gasteiger charge is 2.21. The lowest BCUT2D eigenvalue weighted by atomic mass is 9.91. The van der Waals surface area contributed by atoms with E-state index in [0.717, 1.165) is 42.6 Å². The molecule has 1 N–H and O–H groups in total. The van der Waals surface area contributed by atoms with Crippen molar-refractivity contribution in [3.05, 3.63) is 75.8 Å². The number of aryl methyl sites for hydroxylation is 1. The molecule has 0 bridgehead atoms. The average Bonchev–Trinajstić information content (AvgIpc) is 2.75. The first-order valence-corrected chi connectivity index (χ1v) is 11.4. The number of benzene rings is 2. The molecular formula is C26H32N4O2. The quantitative estimate of drug-likeness (QED) is 0.647. The van der Waals surface area contributed by atoms with Crippen LogP contribution in [0.2, 0.25) is 0 Å². The van der Waals surface area contributed by atoms with Crippen LogP contribution in [0.4, 0.5) is 0 Å². The van der Waals surface area contributed by atoms with Gasteiger partial charge in [0.1, 0.15) is 6.54 Å². The predicted octanol–water partition coefficient (Wildman–Crippen LogP) is 3.50. The molecule has 4 rings (SSSR count). The normalized spacial score (nSPS) is 19.2. The fourth-order valence-corrected chi connectivity index (χ4v) is 4.80.